The standard InChI is InChI=1S/C10H22N2O2/c1-4-6-11-10(14)9(3)12(5-2)7-8-13/h9,13H,4-8H2,1-3H3,(H,11,14). The van der Waals surface area contributed by atoms with Crippen LogP contribution in [0, 0.1) is 0 Å². The number of nitrogens with one attached hydrogen (secondary N) is 1. The zero-order valence-electron chi connectivity index (χ0n) is 9.42. The number of aliphatic hydroxyl groups excluding tert-OH is 1. The van der Waals surface area contributed by atoms with Gasteiger partial charge in [-0.1, -0.05) is 13.8 Å². The number of amides is 1. The van der Waals surface area contributed by atoms with Gasteiger partial charge in [0, 0.05) is 13.1 Å². The maximum atomic E-state index is 11.5. The molecule has 1 amide bonds. The van der Waals surface area contributed by atoms with Crippen molar-refractivity contribution in [3.05, 3.63) is 0 Å². The van der Waals surface area contributed by atoms with Crippen LogP contribution in [0.1, 0.15) is 27.2 Å². The van der Waals surface area contributed by atoms with E-state index in [4.69, 9.17) is 5.11 Å². The molecule has 1 unspecified atom stereocenters. The first-order valence-electron chi connectivity index (χ1n) is 5.29. The summed E-state index contributed by atoms with van der Waals surface area (Å²) in [5.74, 6) is 0.0437. The highest BCUT2D eigenvalue weighted by Gasteiger charge is 2.18. The second-order valence-electron chi connectivity index (χ2n) is 3.32. The molecule has 4 nitrogen and oxygen atoms in total. The fourth-order valence-electron chi connectivity index (χ4n) is 1.32. The smallest absolute Gasteiger partial charge is 0.237 e. The van der Waals surface area contributed by atoms with Crippen molar-refractivity contribution in [3.63, 3.8) is 0 Å². The van der Waals surface area contributed by atoms with Crippen molar-refractivity contribution in [1.29, 1.82) is 0 Å². The van der Waals surface area contributed by atoms with Gasteiger partial charge in [-0.25, -0.2) is 0 Å². The van der Waals surface area contributed by atoms with Crippen LogP contribution in [-0.4, -0.2) is 48.2 Å². The molecule has 4 heteroatoms. The number of carbonyl (C=O) groups is 1. The first-order valence-corrected chi connectivity index (χ1v) is 5.29. The molecule has 0 aliphatic carbocycles. The Labute approximate surface area is 86.3 Å². The molecule has 0 radical (unpaired) electrons. The Bertz CT molecular complexity index is 162. The van der Waals surface area contributed by atoms with E-state index in [1.54, 1.807) is 0 Å². The molecule has 0 saturated heterocycles. The second-order valence-corrected chi connectivity index (χ2v) is 3.32. The van der Waals surface area contributed by atoms with E-state index in [1.807, 2.05) is 25.7 Å². The van der Waals surface area contributed by atoms with Crippen LogP contribution >= 0.6 is 0 Å². The topological polar surface area (TPSA) is 52.6 Å². The molecule has 0 bridgehead atoms. The lowest BCUT2D eigenvalue weighted by Gasteiger charge is -2.25. The third kappa shape index (κ3) is 4.58. The van der Waals surface area contributed by atoms with Gasteiger partial charge < -0.3 is 10.4 Å². The minimum atomic E-state index is -0.154. The molecule has 0 aromatic rings. The van der Waals surface area contributed by atoms with Gasteiger partial charge in [-0.3, -0.25) is 9.69 Å². The Morgan fingerprint density at radius 1 is 1.50 bits per heavy atom. The van der Waals surface area contributed by atoms with E-state index in [2.05, 4.69) is 5.32 Å². The zero-order chi connectivity index (χ0) is 11.0. The summed E-state index contributed by atoms with van der Waals surface area (Å²) in [6.45, 7) is 8.03. The van der Waals surface area contributed by atoms with E-state index in [1.165, 1.54) is 0 Å². The molecular formula is C10H22N2O2. The first kappa shape index (κ1) is 13.4. The molecule has 0 rings (SSSR count). The van der Waals surface area contributed by atoms with Crippen LogP contribution in [0.15, 0.2) is 0 Å². The monoisotopic (exact) mass is 202 g/mol. The largest absolute Gasteiger partial charge is 0.395 e. The summed E-state index contributed by atoms with van der Waals surface area (Å²) in [7, 11) is 0. The maximum Gasteiger partial charge on any atom is 0.237 e. The summed E-state index contributed by atoms with van der Waals surface area (Å²) in [6.07, 6.45) is 0.949. The zero-order valence-corrected chi connectivity index (χ0v) is 9.42. The van der Waals surface area contributed by atoms with Gasteiger partial charge in [0.2, 0.25) is 5.91 Å². The van der Waals surface area contributed by atoms with Gasteiger partial charge in [-0.2, -0.15) is 0 Å². The molecular weight excluding hydrogens is 180 g/mol. The van der Waals surface area contributed by atoms with Crippen molar-refractivity contribution in [2.24, 2.45) is 0 Å². The third-order valence-corrected chi connectivity index (χ3v) is 2.27. The average Bonchev–Trinajstić information content (AvgIpc) is 2.21. The molecule has 14 heavy (non-hydrogen) atoms. The summed E-state index contributed by atoms with van der Waals surface area (Å²) < 4.78 is 0. The lowest BCUT2D eigenvalue weighted by atomic mass is 10.2. The van der Waals surface area contributed by atoms with E-state index in [-0.39, 0.29) is 18.6 Å². The predicted octanol–water partition coefficient (Wildman–Crippen LogP) is 0.215. The number of hydrogen-bond acceptors (Lipinski definition) is 3. The summed E-state index contributed by atoms with van der Waals surface area (Å²) in [6, 6.07) is -0.154. The SMILES string of the molecule is CCCNC(=O)C(C)N(CC)CCO. The number of rotatable bonds is 7. The van der Waals surface area contributed by atoms with Gasteiger partial charge in [0.05, 0.1) is 12.6 Å². The van der Waals surface area contributed by atoms with Crippen LogP contribution in [0.2, 0.25) is 0 Å². The van der Waals surface area contributed by atoms with Crippen LogP contribution in [0.4, 0.5) is 0 Å². The third-order valence-electron chi connectivity index (χ3n) is 2.27. The molecule has 0 aliphatic heterocycles. The fraction of sp³-hybridized carbons (Fsp3) is 0.900. The van der Waals surface area contributed by atoms with E-state index in [9.17, 15) is 4.79 Å². The highest BCUT2D eigenvalue weighted by atomic mass is 16.3. The van der Waals surface area contributed by atoms with Crippen LogP contribution in [0.5, 0.6) is 0 Å². The van der Waals surface area contributed by atoms with Gasteiger partial charge in [0.15, 0.2) is 0 Å². The van der Waals surface area contributed by atoms with Crippen molar-refractivity contribution in [3.8, 4) is 0 Å². The molecule has 0 saturated carbocycles. The average molecular weight is 202 g/mol. The highest BCUT2D eigenvalue weighted by molar-refractivity contribution is 5.81. The Hall–Kier alpha value is -0.610. The van der Waals surface area contributed by atoms with Gasteiger partial charge >= 0.3 is 0 Å². The van der Waals surface area contributed by atoms with Crippen molar-refractivity contribution in [1.82, 2.24) is 10.2 Å². The predicted molar refractivity (Wildman–Crippen MR) is 57.1 cm³/mol. The van der Waals surface area contributed by atoms with Crippen LogP contribution in [0.3, 0.4) is 0 Å². The van der Waals surface area contributed by atoms with E-state index >= 15 is 0 Å². The minimum absolute atomic E-state index is 0.0437. The fourth-order valence-corrected chi connectivity index (χ4v) is 1.32. The number of hydrogen-bond donors (Lipinski definition) is 2. The molecule has 0 heterocycles. The van der Waals surface area contributed by atoms with Gasteiger partial charge in [0.1, 0.15) is 0 Å². The van der Waals surface area contributed by atoms with Gasteiger partial charge in [-0.15, -0.1) is 0 Å². The minimum Gasteiger partial charge on any atom is -0.395 e. The Balaban J connectivity index is 3.98. The number of aliphatic hydroxyl groups is 1. The van der Waals surface area contributed by atoms with Crippen LogP contribution < -0.4 is 5.32 Å². The van der Waals surface area contributed by atoms with Crippen molar-refractivity contribution in [2.75, 3.05) is 26.2 Å². The normalized spacial score (nSPS) is 12.9. The van der Waals surface area contributed by atoms with Gasteiger partial charge in [0.25, 0.3) is 0 Å². The first-order chi connectivity index (χ1) is 6.67. The highest BCUT2D eigenvalue weighted by Crippen LogP contribution is 1.98. The van der Waals surface area contributed by atoms with Crippen molar-refractivity contribution in [2.45, 2.75) is 33.2 Å². The van der Waals surface area contributed by atoms with Crippen molar-refractivity contribution < 1.29 is 9.90 Å². The summed E-state index contributed by atoms with van der Waals surface area (Å²) in [4.78, 5) is 13.5. The maximum absolute atomic E-state index is 11.5. The molecule has 0 aromatic heterocycles. The molecule has 84 valence electrons. The molecule has 0 aliphatic rings. The lowest BCUT2D eigenvalue weighted by Crippen LogP contribution is -2.46. The quantitative estimate of drug-likeness (QED) is 0.621. The lowest BCUT2D eigenvalue weighted by molar-refractivity contribution is -0.125. The Morgan fingerprint density at radius 3 is 2.57 bits per heavy atom. The molecule has 0 fully saturated rings. The molecule has 0 aromatic carbocycles. The molecule has 2 N–H and O–H groups in total. The number of carbonyl (C=O) groups excluding carboxylic acids is 1. The summed E-state index contributed by atoms with van der Waals surface area (Å²) in [5.41, 5.74) is 0. The van der Waals surface area contributed by atoms with Gasteiger partial charge in [-0.05, 0) is 19.9 Å². The second kappa shape index (κ2) is 7.76. The van der Waals surface area contributed by atoms with E-state index < -0.39 is 0 Å². The Kier molecular flexibility index (Phi) is 7.42. The summed E-state index contributed by atoms with van der Waals surface area (Å²) >= 11 is 0. The molecule has 1 atom stereocenters. The number of nitrogens with zero attached hydrogens (tertiary/aromatic N) is 1. The summed E-state index contributed by atoms with van der Waals surface area (Å²) in [5, 5.41) is 11.6. The Morgan fingerprint density at radius 2 is 2.14 bits per heavy atom. The van der Waals surface area contributed by atoms with Crippen LogP contribution in [-0.2, 0) is 4.79 Å². The van der Waals surface area contributed by atoms with Crippen molar-refractivity contribution >= 4 is 5.91 Å². The van der Waals surface area contributed by atoms with E-state index in [0.717, 1.165) is 19.5 Å². The number of likely N-dealkylation sites (N-methyl/N-ethyl adjacent to an activating group) is 1. The van der Waals surface area contributed by atoms with Crippen LogP contribution in [0.25, 0.3) is 0 Å². The van der Waals surface area contributed by atoms with E-state index in [0.29, 0.717) is 6.54 Å². The molecule has 0 spiro atoms.